The van der Waals surface area contributed by atoms with E-state index in [-0.39, 0.29) is 24.1 Å². The van der Waals surface area contributed by atoms with Gasteiger partial charge in [-0.1, -0.05) is 62.6 Å². The topological polar surface area (TPSA) is 68.9 Å². The lowest BCUT2D eigenvalue weighted by Gasteiger charge is -2.34. The van der Waals surface area contributed by atoms with Gasteiger partial charge in [0.05, 0.1) is 6.20 Å². The van der Waals surface area contributed by atoms with Crippen LogP contribution in [0.25, 0.3) is 21.8 Å². The molecule has 1 aliphatic carbocycles. The van der Waals surface area contributed by atoms with Crippen molar-refractivity contribution in [3.8, 4) is 0 Å². The van der Waals surface area contributed by atoms with Gasteiger partial charge in [-0.3, -0.25) is 9.59 Å². The Morgan fingerprint density at radius 1 is 1.06 bits per heavy atom. The summed E-state index contributed by atoms with van der Waals surface area (Å²) >= 11 is 0. The van der Waals surface area contributed by atoms with Gasteiger partial charge in [-0.25, -0.2) is 4.68 Å². The number of hydrogen-bond acceptors (Lipinski definition) is 3. The second kappa shape index (κ2) is 9.57. The third-order valence-electron chi connectivity index (χ3n) is 8.28. The van der Waals surface area contributed by atoms with Gasteiger partial charge in [-0.15, -0.1) is 0 Å². The van der Waals surface area contributed by atoms with Crippen LogP contribution in [-0.2, 0) is 17.9 Å². The number of fused-ring (bicyclic) bond motifs is 3. The molecule has 2 aromatic carbocycles. The lowest BCUT2D eigenvalue weighted by molar-refractivity contribution is -0.123. The van der Waals surface area contributed by atoms with E-state index in [0.717, 1.165) is 29.1 Å². The minimum Gasteiger partial charge on any atom is -0.351 e. The van der Waals surface area contributed by atoms with Crippen molar-refractivity contribution >= 4 is 27.7 Å². The van der Waals surface area contributed by atoms with Gasteiger partial charge in [-0.05, 0) is 61.8 Å². The van der Waals surface area contributed by atoms with Crippen molar-refractivity contribution in [1.82, 2.24) is 19.7 Å². The third-order valence-corrected chi connectivity index (χ3v) is 8.28. The predicted octanol–water partition coefficient (Wildman–Crippen LogP) is 5.27. The van der Waals surface area contributed by atoms with Gasteiger partial charge in [0.2, 0.25) is 5.91 Å². The zero-order chi connectivity index (χ0) is 25.6. The summed E-state index contributed by atoms with van der Waals surface area (Å²) in [6.45, 7) is 11.3. The molecule has 1 aliphatic rings. The van der Waals surface area contributed by atoms with Crippen LogP contribution in [-0.4, -0.2) is 26.3 Å². The van der Waals surface area contributed by atoms with Crippen molar-refractivity contribution in [2.24, 2.45) is 11.8 Å². The van der Waals surface area contributed by atoms with Crippen molar-refractivity contribution in [3.05, 3.63) is 75.2 Å². The molecule has 2 heterocycles. The summed E-state index contributed by atoms with van der Waals surface area (Å²) in [6, 6.07) is 12.6. The number of nitrogens with zero attached hydrogens (tertiary/aromatic N) is 3. The summed E-state index contributed by atoms with van der Waals surface area (Å²) in [5.41, 5.74) is 6.23. The fourth-order valence-corrected chi connectivity index (χ4v) is 6.06. The fourth-order valence-electron chi connectivity index (χ4n) is 6.06. The van der Waals surface area contributed by atoms with Crippen molar-refractivity contribution in [3.63, 3.8) is 0 Å². The normalized spacial score (nSPS) is 20.2. The van der Waals surface area contributed by atoms with Crippen molar-refractivity contribution in [2.45, 2.75) is 73.0 Å². The molecule has 0 spiro atoms. The first-order valence-corrected chi connectivity index (χ1v) is 13.1. The summed E-state index contributed by atoms with van der Waals surface area (Å²) in [5.74, 6) is 0.867. The number of hydrogen-bond donors (Lipinski definition) is 1. The lowest BCUT2D eigenvalue weighted by Crippen LogP contribution is -2.45. The summed E-state index contributed by atoms with van der Waals surface area (Å²) in [7, 11) is 0. The Hall–Kier alpha value is -3.41. The van der Waals surface area contributed by atoms with Crippen molar-refractivity contribution in [2.75, 3.05) is 0 Å². The molecule has 0 saturated heterocycles. The molecule has 1 fully saturated rings. The summed E-state index contributed by atoms with van der Waals surface area (Å²) in [6.07, 6.45) is 5.05. The Balaban J connectivity index is 1.54. The number of carbonyl (C=O) groups is 1. The maximum Gasteiger partial charge on any atom is 0.291 e. The van der Waals surface area contributed by atoms with E-state index >= 15 is 0 Å². The molecule has 188 valence electrons. The second-order valence-electron chi connectivity index (χ2n) is 10.8. The molecule has 36 heavy (non-hydrogen) atoms. The Morgan fingerprint density at radius 3 is 2.53 bits per heavy atom. The van der Waals surface area contributed by atoms with Crippen molar-refractivity contribution < 1.29 is 4.79 Å². The third kappa shape index (κ3) is 4.34. The van der Waals surface area contributed by atoms with E-state index in [1.807, 2.05) is 18.2 Å². The molecular formula is C30H36N4O2. The van der Waals surface area contributed by atoms with Crippen LogP contribution in [0.5, 0.6) is 0 Å². The molecule has 2 aromatic heterocycles. The largest absolute Gasteiger partial charge is 0.351 e. The number of para-hydroxylation sites is 1. The highest BCUT2D eigenvalue weighted by Crippen LogP contribution is 2.30. The Kier molecular flexibility index (Phi) is 6.45. The van der Waals surface area contributed by atoms with Crippen LogP contribution in [0.15, 0.2) is 47.4 Å². The number of nitrogens with one attached hydrogen (secondary N) is 1. The Bertz CT molecular complexity index is 1490. The maximum absolute atomic E-state index is 13.8. The van der Waals surface area contributed by atoms with Crippen LogP contribution in [0, 0.1) is 32.6 Å². The number of aromatic nitrogens is 3. The number of amides is 1. The van der Waals surface area contributed by atoms with E-state index < -0.39 is 0 Å². The molecule has 6 heteroatoms. The van der Waals surface area contributed by atoms with E-state index in [9.17, 15) is 9.59 Å². The van der Waals surface area contributed by atoms with Gasteiger partial charge < -0.3 is 9.88 Å². The van der Waals surface area contributed by atoms with Gasteiger partial charge in [0.15, 0.2) is 0 Å². The fraction of sp³-hybridized carbons (Fsp3) is 0.433. The van der Waals surface area contributed by atoms with E-state index in [2.05, 4.69) is 67.8 Å². The molecule has 1 N–H and O–H groups in total. The van der Waals surface area contributed by atoms with Gasteiger partial charge in [0.1, 0.15) is 12.1 Å². The molecule has 1 saturated carbocycles. The monoisotopic (exact) mass is 484 g/mol. The van der Waals surface area contributed by atoms with E-state index in [4.69, 9.17) is 0 Å². The molecule has 6 nitrogen and oxygen atoms in total. The molecule has 0 radical (unpaired) electrons. The van der Waals surface area contributed by atoms with Gasteiger partial charge >= 0.3 is 0 Å². The van der Waals surface area contributed by atoms with E-state index in [1.54, 1.807) is 6.20 Å². The molecule has 0 unspecified atom stereocenters. The van der Waals surface area contributed by atoms with Gasteiger partial charge in [0.25, 0.3) is 5.56 Å². The SMILES string of the molecule is Cc1cc(C)c(Cn2c3ccccc3c3cnn(CC(=O)N[C@@H]4CCC[C@H](C)[C@H]4C)c(=O)c32)c(C)c1. The van der Waals surface area contributed by atoms with Crippen molar-refractivity contribution in [1.29, 1.82) is 0 Å². The van der Waals surface area contributed by atoms with Crippen LogP contribution in [0.1, 0.15) is 55.4 Å². The number of carbonyl (C=O) groups excluding carboxylic acids is 1. The number of rotatable bonds is 5. The summed E-state index contributed by atoms with van der Waals surface area (Å²) < 4.78 is 3.41. The molecular weight excluding hydrogens is 448 g/mol. The first kappa shape index (κ1) is 24.3. The van der Waals surface area contributed by atoms with Gasteiger partial charge in [-0.2, -0.15) is 5.10 Å². The zero-order valence-electron chi connectivity index (χ0n) is 22.0. The molecule has 5 rings (SSSR count). The highest BCUT2D eigenvalue weighted by molar-refractivity contribution is 6.07. The van der Waals surface area contributed by atoms with Gasteiger partial charge in [0, 0.05) is 28.9 Å². The molecule has 1 amide bonds. The highest BCUT2D eigenvalue weighted by atomic mass is 16.2. The molecule has 3 atom stereocenters. The average molecular weight is 485 g/mol. The van der Waals surface area contributed by atoms with E-state index in [1.165, 1.54) is 33.4 Å². The second-order valence-corrected chi connectivity index (χ2v) is 10.8. The van der Waals surface area contributed by atoms with Crippen LogP contribution in [0.3, 0.4) is 0 Å². The maximum atomic E-state index is 13.8. The van der Waals surface area contributed by atoms with Crippen LogP contribution in [0.2, 0.25) is 0 Å². The minimum absolute atomic E-state index is 0.0729. The van der Waals surface area contributed by atoms with Crippen LogP contribution >= 0.6 is 0 Å². The van der Waals surface area contributed by atoms with Crippen LogP contribution in [0.4, 0.5) is 0 Å². The molecule has 4 aromatic rings. The highest BCUT2D eigenvalue weighted by Gasteiger charge is 2.28. The summed E-state index contributed by atoms with van der Waals surface area (Å²) in [4.78, 5) is 26.7. The molecule has 0 bridgehead atoms. The predicted molar refractivity (Wildman–Crippen MR) is 145 cm³/mol. The first-order valence-electron chi connectivity index (χ1n) is 13.1. The Labute approximate surface area is 212 Å². The quantitative estimate of drug-likeness (QED) is 0.420. The molecule has 0 aliphatic heterocycles. The minimum atomic E-state index is -0.230. The lowest BCUT2D eigenvalue weighted by atomic mass is 9.78. The standard InChI is InChI=1S/C30H36N4O2/c1-18-13-20(3)25(21(4)14-18)16-33-27-12-7-6-10-23(27)24-15-31-34(30(36)29(24)33)17-28(35)32-26-11-8-9-19(2)22(26)5/h6-7,10,12-15,19,22,26H,8-9,11,16-17H2,1-5H3,(H,32,35)/t19-,22+,26+/m0/s1. The first-order chi connectivity index (χ1) is 17.2. The van der Waals surface area contributed by atoms with E-state index in [0.29, 0.717) is 23.9 Å². The zero-order valence-corrected chi connectivity index (χ0v) is 22.0. The Morgan fingerprint density at radius 2 is 1.78 bits per heavy atom. The smallest absolute Gasteiger partial charge is 0.291 e. The summed E-state index contributed by atoms with van der Waals surface area (Å²) in [5, 5.41) is 9.42. The average Bonchev–Trinajstić information content (AvgIpc) is 3.15. The number of aryl methyl sites for hydroxylation is 3. The number of benzene rings is 2. The van der Waals surface area contributed by atoms with Crippen LogP contribution < -0.4 is 10.9 Å².